The van der Waals surface area contributed by atoms with Crippen molar-refractivity contribution in [3.63, 3.8) is 0 Å². The summed E-state index contributed by atoms with van der Waals surface area (Å²) in [6.07, 6.45) is -2.08. The van der Waals surface area contributed by atoms with Gasteiger partial charge < -0.3 is 56.0 Å². The van der Waals surface area contributed by atoms with Crippen LogP contribution < -0.4 is 178 Å². The van der Waals surface area contributed by atoms with E-state index in [4.69, 9.17) is 15.0 Å². The van der Waals surface area contributed by atoms with Gasteiger partial charge in [0.15, 0.2) is 0 Å². The summed E-state index contributed by atoms with van der Waals surface area (Å²) in [5.74, 6) is 0. The van der Waals surface area contributed by atoms with Crippen molar-refractivity contribution in [3.8, 4) is 0 Å². The summed E-state index contributed by atoms with van der Waals surface area (Å²) >= 11 is 0. The molecule has 0 aromatic rings. The van der Waals surface area contributed by atoms with Crippen LogP contribution in [0, 0.1) is 0 Å². The molecule has 0 aliphatic carbocycles. The third-order valence-electron chi connectivity index (χ3n) is 0. The molecule has 0 unspecified atom stereocenters. The second-order valence-electron chi connectivity index (χ2n) is 0.266. The zero-order valence-electron chi connectivity index (χ0n) is 5.52. The summed E-state index contributed by atoms with van der Waals surface area (Å²) in [6.45, 7) is 0. The van der Waals surface area contributed by atoms with Gasteiger partial charge in [-0.3, -0.25) is 0 Å². The van der Waals surface area contributed by atoms with Gasteiger partial charge >= 0.3 is 132 Å². The van der Waals surface area contributed by atoms with E-state index in [1.165, 1.54) is 0 Å². The smallest absolute Gasteiger partial charge is 1.00 e. The monoisotopic (exact) mass is 368 g/mol. The number of carboxylic acid groups (broad SMARTS) is 2. The molecular weight excluding hydrogens is 368 g/mol. The molecule has 0 aliphatic heterocycles. The maximum Gasteiger partial charge on any atom is 1.00 e. The maximum absolute atomic E-state index is 8.44. The summed E-state index contributed by atoms with van der Waals surface area (Å²) in [5.41, 5.74) is 0. The molecule has 0 rings (SSSR count). The molecule has 0 atom stereocenters. The topological polar surface area (TPSA) is 60.4 Å². The minimum absolute atomic E-state index is 0. The first kappa shape index (κ1) is 37.2. The average molecular weight is 369 g/mol. The van der Waals surface area contributed by atoms with Crippen molar-refractivity contribution in [2.24, 2.45) is 0 Å². The molecule has 3 nitrogen and oxygen atoms in total. The number of carbonyl (C=O) groups is 1. The number of rotatable bonds is 0. The Morgan fingerprint density at radius 2 is 1.33 bits per heavy atom. The molecule has 0 saturated heterocycles. The van der Waals surface area contributed by atoms with Gasteiger partial charge in [0.1, 0.15) is 0 Å². The van der Waals surface area contributed by atoms with Gasteiger partial charge in [-0.1, -0.05) is 0 Å². The molecule has 8 heteroatoms. The van der Waals surface area contributed by atoms with Gasteiger partial charge in [0.2, 0.25) is 6.16 Å². The summed E-state index contributed by atoms with van der Waals surface area (Å²) in [7, 11) is 0. The quantitative estimate of drug-likeness (QED) is 0.341. The normalized spacial score (nSPS) is 2.67. The second-order valence-corrected chi connectivity index (χ2v) is 0.266. The molecule has 0 radical (unpaired) electrons. The minimum atomic E-state index is -2.08. The van der Waals surface area contributed by atoms with Crippen LogP contribution in [0.5, 0.6) is 0 Å². The minimum Gasteiger partial charge on any atom is -1.00 e. The first-order chi connectivity index (χ1) is 1.73. The van der Waals surface area contributed by atoms with Crippen LogP contribution in [-0.2, 0) is 0 Å². The third-order valence-corrected chi connectivity index (χ3v) is 0. The van der Waals surface area contributed by atoms with Crippen molar-refractivity contribution in [3.05, 3.63) is 0 Å². The first-order valence-electron chi connectivity index (χ1n) is 0.632. The van der Waals surface area contributed by atoms with Crippen molar-refractivity contribution in [1.29, 1.82) is 0 Å². The Kier molecular flexibility index (Phi) is 121. The molecule has 0 heterocycles. The fourth-order valence-corrected chi connectivity index (χ4v) is 0. The van der Waals surface area contributed by atoms with Crippen molar-refractivity contribution >= 4 is 6.16 Å². The van der Waals surface area contributed by atoms with Gasteiger partial charge in [0.25, 0.3) is 0 Å². The third kappa shape index (κ3) is 65.3. The van der Waals surface area contributed by atoms with E-state index in [2.05, 4.69) is 0 Å². The average Bonchev–Trinajstić information content (AvgIpc) is 0.811. The molecule has 1 N–H and O–H groups in total. The molecular formula is CHBrIK2NaO3. The Morgan fingerprint density at radius 3 is 1.33 bits per heavy atom. The van der Waals surface area contributed by atoms with Crippen LogP contribution in [0.2, 0.25) is 0 Å². The van der Waals surface area contributed by atoms with Crippen LogP contribution in [0.1, 0.15) is 0 Å². The number of hydrogen-bond donors (Lipinski definition) is 1. The maximum atomic E-state index is 8.44. The largest absolute Gasteiger partial charge is 1.00 e. The Morgan fingerprint density at radius 1 is 1.33 bits per heavy atom. The van der Waals surface area contributed by atoms with Gasteiger partial charge in [-0.2, -0.15) is 0 Å². The summed E-state index contributed by atoms with van der Waals surface area (Å²) < 4.78 is 0. The Bertz CT molecular complexity index is 44.8. The van der Waals surface area contributed by atoms with E-state index >= 15 is 0 Å². The van der Waals surface area contributed by atoms with Crippen LogP contribution >= 0.6 is 0 Å². The van der Waals surface area contributed by atoms with Gasteiger partial charge in [-0.15, -0.1) is 0 Å². The Balaban J connectivity index is -0.00000000450. The molecule has 0 aromatic heterocycles. The molecule has 0 spiro atoms. The fraction of sp³-hybridized carbons (Fsp3) is 0. The number of hydrogen-bond acceptors (Lipinski definition) is 2. The molecule has 0 fully saturated rings. The predicted molar refractivity (Wildman–Crippen MR) is 8.02 cm³/mol. The van der Waals surface area contributed by atoms with Gasteiger partial charge in [0.05, 0.1) is 0 Å². The van der Waals surface area contributed by atoms with E-state index in [1.54, 1.807) is 0 Å². The van der Waals surface area contributed by atoms with Crippen LogP contribution in [-0.4, -0.2) is 11.3 Å². The van der Waals surface area contributed by atoms with Crippen LogP contribution in [0.4, 0.5) is 4.79 Å². The molecule has 0 bridgehead atoms. The van der Waals surface area contributed by atoms with Crippen molar-refractivity contribution in [2.75, 3.05) is 0 Å². The van der Waals surface area contributed by atoms with Crippen molar-refractivity contribution in [1.82, 2.24) is 0 Å². The SMILES string of the molecule is O=C([O-])O.[Br-].[I-].[K+].[K+].[Na+]. The fourth-order valence-electron chi connectivity index (χ4n) is 0. The summed E-state index contributed by atoms with van der Waals surface area (Å²) in [5, 5.41) is 15.3. The molecule has 0 aromatic carbocycles. The van der Waals surface area contributed by atoms with E-state index in [0.29, 0.717) is 0 Å². The summed E-state index contributed by atoms with van der Waals surface area (Å²) in [6, 6.07) is 0. The standard InChI is InChI=1S/CH2O3.BrH.HI.2K.Na/c2-1(3)4;;;;;/h(H2,2,3,4);2*1H;;;/q;;;3*+1/p-3. The second kappa shape index (κ2) is 29.3. The summed E-state index contributed by atoms with van der Waals surface area (Å²) in [4.78, 5) is 8.44. The Hall–Kier alpha value is 4.75. The zero-order valence-corrected chi connectivity index (χ0v) is 17.5. The van der Waals surface area contributed by atoms with Crippen LogP contribution in [0.15, 0.2) is 0 Å². The van der Waals surface area contributed by atoms with Crippen LogP contribution in [0.25, 0.3) is 0 Å². The van der Waals surface area contributed by atoms with Crippen molar-refractivity contribution < 1.29 is 188 Å². The Labute approximate surface area is 188 Å². The molecule has 0 amide bonds. The van der Waals surface area contributed by atoms with E-state index in [-0.39, 0.29) is 173 Å². The molecule has 0 saturated carbocycles. The van der Waals surface area contributed by atoms with E-state index in [0.717, 1.165) is 0 Å². The predicted octanol–water partition coefficient (Wildman–Crippen LogP) is -16.1. The van der Waals surface area contributed by atoms with Gasteiger partial charge in [-0.05, 0) is 0 Å². The molecule has 9 heavy (non-hydrogen) atoms. The van der Waals surface area contributed by atoms with Gasteiger partial charge in [0, 0.05) is 0 Å². The van der Waals surface area contributed by atoms with E-state index in [9.17, 15) is 0 Å². The van der Waals surface area contributed by atoms with E-state index < -0.39 is 6.16 Å². The number of halogens is 2. The first-order valence-corrected chi connectivity index (χ1v) is 0.632. The van der Waals surface area contributed by atoms with Crippen molar-refractivity contribution in [2.45, 2.75) is 0 Å². The van der Waals surface area contributed by atoms with E-state index in [1.807, 2.05) is 0 Å². The molecule has 40 valence electrons. The van der Waals surface area contributed by atoms with Gasteiger partial charge in [-0.25, -0.2) is 0 Å². The zero-order chi connectivity index (χ0) is 3.58. The van der Waals surface area contributed by atoms with Crippen LogP contribution in [0.3, 0.4) is 0 Å². The molecule has 0 aliphatic rings.